The quantitative estimate of drug-likeness (QED) is 0.775. The SMILES string of the molecule is C=CC[C@@H]1C[C@@H](C)C[C@@]23OC[C@@H](c4ccccc4)N2C(=O)CC[C@@H]13. The molecule has 1 aliphatic carbocycles. The number of piperidine rings is 1. The number of carbonyl (C=O) groups is 1. The minimum atomic E-state index is -0.388. The molecule has 3 heteroatoms. The van der Waals surface area contributed by atoms with Gasteiger partial charge in [0, 0.05) is 12.3 Å². The Labute approximate surface area is 144 Å². The summed E-state index contributed by atoms with van der Waals surface area (Å²) in [5, 5.41) is 0. The first-order valence-corrected chi connectivity index (χ1v) is 9.27. The van der Waals surface area contributed by atoms with Gasteiger partial charge in [-0.3, -0.25) is 4.79 Å². The van der Waals surface area contributed by atoms with Gasteiger partial charge in [-0.2, -0.15) is 0 Å². The lowest BCUT2D eigenvalue weighted by atomic mass is 9.64. The first-order valence-electron chi connectivity index (χ1n) is 9.27. The standard InChI is InChI=1S/C21H27NO2/c1-3-7-17-12-15(2)13-21-18(17)10-11-20(23)22(21)19(14-24-21)16-8-5-4-6-9-16/h3-6,8-9,15,17-19H,1,7,10-14H2,2H3/t15-,17-,18+,19+,21+/m1/s1. The topological polar surface area (TPSA) is 29.5 Å². The highest BCUT2D eigenvalue weighted by Crippen LogP contribution is 2.56. The van der Waals surface area contributed by atoms with E-state index in [9.17, 15) is 4.79 Å². The van der Waals surface area contributed by atoms with Crippen molar-refractivity contribution in [1.82, 2.24) is 4.90 Å². The van der Waals surface area contributed by atoms with Crippen LogP contribution in [0.3, 0.4) is 0 Å². The lowest BCUT2D eigenvalue weighted by Gasteiger charge is -2.54. The van der Waals surface area contributed by atoms with E-state index in [0.29, 0.717) is 30.8 Å². The van der Waals surface area contributed by atoms with E-state index in [1.807, 2.05) is 12.1 Å². The Morgan fingerprint density at radius 1 is 1.38 bits per heavy atom. The van der Waals surface area contributed by atoms with Gasteiger partial charge in [0.15, 0.2) is 0 Å². The fraction of sp³-hybridized carbons (Fsp3) is 0.571. The summed E-state index contributed by atoms with van der Waals surface area (Å²) in [6, 6.07) is 10.4. The fourth-order valence-electron chi connectivity index (χ4n) is 5.50. The highest BCUT2D eigenvalue weighted by molar-refractivity contribution is 5.79. The van der Waals surface area contributed by atoms with Crippen LogP contribution in [-0.4, -0.2) is 23.1 Å². The average Bonchev–Trinajstić information content (AvgIpc) is 2.95. The monoisotopic (exact) mass is 325 g/mol. The number of amides is 1. The van der Waals surface area contributed by atoms with Crippen LogP contribution in [0.4, 0.5) is 0 Å². The maximum absolute atomic E-state index is 12.9. The molecule has 1 amide bonds. The molecule has 1 saturated carbocycles. The van der Waals surface area contributed by atoms with Crippen LogP contribution in [0.1, 0.15) is 50.6 Å². The molecule has 1 aromatic carbocycles. The van der Waals surface area contributed by atoms with E-state index in [1.54, 1.807) is 0 Å². The van der Waals surface area contributed by atoms with Crippen LogP contribution in [-0.2, 0) is 9.53 Å². The summed E-state index contributed by atoms with van der Waals surface area (Å²) in [5.41, 5.74) is 0.808. The summed E-state index contributed by atoms with van der Waals surface area (Å²) in [4.78, 5) is 15.0. The van der Waals surface area contributed by atoms with Gasteiger partial charge in [0.2, 0.25) is 5.91 Å². The number of rotatable bonds is 3. The molecule has 128 valence electrons. The van der Waals surface area contributed by atoms with Gasteiger partial charge in [-0.25, -0.2) is 0 Å². The van der Waals surface area contributed by atoms with E-state index in [4.69, 9.17) is 4.74 Å². The Kier molecular flexibility index (Phi) is 4.00. The minimum Gasteiger partial charge on any atom is -0.353 e. The number of hydrogen-bond donors (Lipinski definition) is 0. The molecule has 0 aromatic heterocycles. The Morgan fingerprint density at radius 2 is 2.17 bits per heavy atom. The molecule has 1 aromatic rings. The largest absolute Gasteiger partial charge is 0.353 e. The predicted octanol–water partition coefficient (Wildman–Crippen LogP) is 4.32. The van der Waals surface area contributed by atoms with Crippen LogP contribution in [0.2, 0.25) is 0 Å². The lowest BCUT2D eigenvalue weighted by molar-refractivity contribution is -0.201. The Morgan fingerprint density at radius 3 is 2.92 bits per heavy atom. The second-order valence-electron chi connectivity index (χ2n) is 7.82. The normalized spacial score (nSPS) is 38.5. The summed E-state index contributed by atoms with van der Waals surface area (Å²) < 4.78 is 6.50. The molecule has 0 N–H and O–H groups in total. The second kappa shape index (κ2) is 6.03. The highest BCUT2D eigenvalue weighted by atomic mass is 16.5. The molecule has 3 aliphatic rings. The van der Waals surface area contributed by atoms with Gasteiger partial charge < -0.3 is 9.64 Å². The van der Waals surface area contributed by atoms with Crippen molar-refractivity contribution in [2.45, 2.75) is 50.8 Å². The molecule has 2 saturated heterocycles. The molecule has 0 bridgehead atoms. The van der Waals surface area contributed by atoms with Gasteiger partial charge in [0.25, 0.3) is 0 Å². The number of nitrogens with zero attached hydrogens (tertiary/aromatic N) is 1. The number of benzene rings is 1. The zero-order valence-electron chi connectivity index (χ0n) is 14.5. The third-order valence-corrected chi connectivity index (χ3v) is 6.30. The molecular weight excluding hydrogens is 298 g/mol. The summed E-state index contributed by atoms with van der Waals surface area (Å²) in [5.74, 6) is 1.87. The van der Waals surface area contributed by atoms with E-state index < -0.39 is 0 Å². The molecular formula is C21H27NO2. The van der Waals surface area contributed by atoms with Gasteiger partial charge in [0.05, 0.1) is 12.6 Å². The summed E-state index contributed by atoms with van der Waals surface area (Å²) >= 11 is 0. The summed E-state index contributed by atoms with van der Waals surface area (Å²) in [6.07, 6.45) is 6.88. The van der Waals surface area contributed by atoms with Crippen LogP contribution in [0, 0.1) is 17.8 Å². The maximum atomic E-state index is 12.9. The average molecular weight is 325 g/mol. The molecule has 3 nitrogen and oxygen atoms in total. The third kappa shape index (κ3) is 2.33. The molecule has 5 atom stereocenters. The molecule has 0 radical (unpaired) electrons. The number of allylic oxidation sites excluding steroid dienone is 1. The molecule has 24 heavy (non-hydrogen) atoms. The lowest BCUT2D eigenvalue weighted by Crippen LogP contribution is -2.61. The van der Waals surface area contributed by atoms with E-state index in [-0.39, 0.29) is 17.7 Å². The van der Waals surface area contributed by atoms with Crippen LogP contribution >= 0.6 is 0 Å². The molecule has 2 aliphatic heterocycles. The van der Waals surface area contributed by atoms with Gasteiger partial charge in [0.1, 0.15) is 5.72 Å². The third-order valence-electron chi connectivity index (χ3n) is 6.30. The second-order valence-corrected chi connectivity index (χ2v) is 7.82. The first-order chi connectivity index (χ1) is 11.7. The highest BCUT2D eigenvalue weighted by Gasteiger charge is 2.60. The number of carbonyl (C=O) groups excluding carboxylic acids is 1. The van der Waals surface area contributed by atoms with Crippen molar-refractivity contribution in [3.63, 3.8) is 0 Å². The molecule has 4 rings (SSSR count). The Hall–Kier alpha value is -1.61. The zero-order valence-corrected chi connectivity index (χ0v) is 14.5. The van der Waals surface area contributed by atoms with Crippen molar-refractivity contribution in [2.24, 2.45) is 17.8 Å². The zero-order chi connectivity index (χ0) is 16.7. The molecule has 1 spiro atoms. The van der Waals surface area contributed by atoms with E-state index in [0.717, 1.165) is 19.3 Å². The van der Waals surface area contributed by atoms with Crippen molar-refractivity contribution in [3.05, 3.63) is 48.6 Å². The number of hydrogen-bond acceptors (Lipinski definition) is 2. The van der Waals surface area contributed by atoms with Crippen molar-refractivity contribution < 1.29 is 9.53 Å². The molecule has 0 unspecified atom stereocenters. The van der Waals surface area contributed by atoms with Crippen LogP contribution in [0.25, 0.3) is 0 Å². The van der Waals surface area contributed by atoms with Gasteiger partial charge in [-0.15, -0.1) is 6.58 Å². The van der Waals surface area contributed by atoms with Crippen LogP contribution < -0.4 is 0 Å². The van der Waals surface area contributed by atoms with Gasteiger partial charge in [-0.05, 0) is 43.1 Å². The predicted molar refractivity (Wildman–Crippen MR) is 94.1 cm³/mol. The van der Waals surface area contributed by atoms with Gasteiger partial charge >= 0.3 is 0 Å². The van der Waals surface area contributed by atoms with Crippen molar-refractivity contribution in [1.29, 1.82) is 0 Å². The van der Waals surface area contributed by atoms with E-state index >= 15 is 0 Å². The maximum Gasteiger partial charge on any atom is 0.225 e. The van der Waals surface area contributed by atoms with Crippen LogP contribution in [0.15, 0.2) is 43.0 Å². The molecule has 2 heterocycles. The first kappa shape index (κ1) is 15.9. The Bertz CT molecular complexity index is 628. The van der Waals surface area contributed by atoms with E-state index in [2.05, 4.69) is 42.7 Å². The summed E-state index contributed by atoms with van der Waals surface area (Å²) in [7, 11) is 0. The Balaban J connectivity index is 1.73. The fourth-order valence-corrected chi connectivity index (χ4v) is 5.50. The number of ether oxygens (including phenoxy) is 1. The van der Waals surface area contributed by atoms with Gasteiger partial charge in [-0.1, -0.05) is 43.3 Å². The van der Waals surface area contributed by atoms with Crippen molar-refractivity contribution in [2.75, 3.05) is 6.61 Å². The van der Waals surface area contributed by atoms with Crippen molar-refractivity contribution >= 4 is 5.91 Å². The minimum absolute atomic E-state index is 0.0659. The van der Waals surface area contributed by atoms with E-state index in [1.165, 1.54) is 12.0 Å². The molecule has 3 fully saturated rings. The smallest absolute Gasteiger partial charge is 0.225 e. The van der Waals surface area contributed by atoms with Crippen LogP contribution in [0.5, 0.6) is 0 Å². The summed E-state index contributed by atoms with van der Waals surface area (Å²) in [6.45, 7) is 6.88. The van der Waals surface area contributed by atoms with Crippen molar-refractivity contribution in [3.8, 4) is 0 Å².